The Morgan fingerprint density at radius 2 is 2.07 bits per heavy atom. The van der Waals surface area contributed by atoms with E-state index in [-0.39, 0.29) is 6.02 Å². The van der Waals surface area contributed by atoms with Crippen LogP contribution >= 0.6 is 23.2 Å². The standard InChI is InChI=1S/C9H6Cl2N2O2/c10-5-2-1-4(3-6(5)11)7-8(14)13-9(12)15-7/h1-3,7H,(H2,12,13,14). The van der Waals surface area contributed by atoms with Crippen LogP contribution in [0.4, 0.5) is 0 Å². The van der Waals surface area contributed by atoms with E-state index in [1.165, 1.54) is 0 Å². The number of nitrogens with zero attached hydrogens (tertiary/aromatic N) is 1. The van der Waals surface area contributed by atoms with E-state index in [1.54, 1.807) is 18.2 Å². The molecule has 0 radical (unpaired) electrons. The van der Waals surface area contributed by atoms with Crippen molar-refractivity contribution in [2.45, 2.75) is 6.10 Å². The highest BCUT2D eigenvalue weighted by Crippen LogP contribution is 2.29. The summed E-state index contributed by atoms with van der Waals surface area (Å²) in [5, 5.41) is 0.774. The molecule has 1 aromatic carbocycles. The van der Waals surface area contributed by atoms with E-state index in [2.05, 4.69) is 4.99 Å². The van der Waals surface area contributed by atoms with Gasteiger partial charge < -0.3 is 10.5 Å². The third kappa shape index (κ3) is 1.91. The van der Waals surface area contributed by atoms with Gasteiger partial charge in [-0.1, -0.05) is 29.3 Å². The zero-order valence-corrected chi connectivity index (χ0v) is 8.92. The van der Waals surface area contributed by atoms with Gasteiger partial charge in [-0.25, -0.2) is 0 Å². The predicted molar refractivity (Wildman–Crippen MR) is 56.9 cm³/mol. The maximum Gasteiger partial charge on any atom is 0.296 e. The van der Waals surface area contributed by atoms with Crippen molar-refractivity contribution in [1.29, 1.82) is 0 Å². The number of amides is 1. The Labute approximate surface area is 95.6 Å². The van der Waals surface area contributed by atoms with Crippen LogP contribution in [0.25, 0.3) is 0 Å². The molecule has 0 fully saturated rings. The van der Waals surface area contributed by atoms with Gasteiger partial charge in [0.25, 0.3) is 11.9 Å². The molecule has 0 saturated carbocycles. The van der Waals surface area contributed by atoms with Crippen LogP contribution in [0.15, 0.2) is 23.2 Å². The topological polar surface area (TPSA) is 64.7 Å². The summed E-state index contributed by atoms with van der Waals surface area (Å²) >= 11 is 11.6. The van der Waals surface area contributed by atoms with Crippen molar-refractivity contribution in [1.82, 2.24) is 0 Å². The summed E-state index contributed by atoms with van der Waals surface area (Å²) in [5.41, 5.74) is 5.85. The molecule has 0 aromatic heterocycles. The minimum atomic E-state index is -0.806. The highest BCUT2D eigenvalue weighted by atomic mass is 35.5. The van der Waals surface area contributed by atoms with Crippen molar-refractivity contribution >= 4 is 35.1 Å². The summed E-state index contributed by atoms with van der Waals surface area (Å²) in [4.78, 5) is 14.8. The van der Waals surface area contributed by atoms with E-state index in [9.17, 15) is 4.79 Å². The summed E-state index contributed by atoms with van der Waals surface area (Å²) in [6.45, 7) is 0. The second kappa shape index (κ2) is 3.72. The molecule has 2 rings (SSSR count). The van der Waals surface area contributed by atoms with Crippen LogP contribution in [0.3, 0.4) is 0 Å². The highest BCUT2D eigenvalue weighted by molar-refractivity contribution is 6.42. The summed E-state index contributed by atoms with van der Waals surface area (Å²) < 4.78 is 5.03. The Hall–Kier alpha value is -1.26. The molecular weight excluding hydrogens is 239 g/mol. The average Bonchev–Trinajstić information content (AvgIpc) is 2.50. The average molecular weight is 245 g/mol. The van der Waals surface area contributed by atoms with Gasteiger partial charge in [-0.2, -0.15) is 4.99 Å². The van der Waals surface area contributed by atoms with E-state index < -0.39 is 12.0 Å². The fourth-order valence-electron chi connectivity index (χ4n) is 1.25. The number of hydrogen-bond acceptors (Lipinski definition) is 3. The fraction of sp³-hybridized carbons (Fsp3) is 0.111. The Morgan fingerprint density at radius 1 is 1.33 bits per heavy atom. The summed E-state index contributed by atoms with van der Waals surface area (Å²) in [6.07, 6.45) is -0.806. The molecule has 1 amide bonds. The first-order chi connectivity index (χ1) is 7.08. The van der Waals surface area contributed by atoms with Crippen molar-refractivity contribution in [3.05, 3.63) is 33.8 Å². The Morgan fingerprint density at radius 3 is 2.60 bits per heavy atom. The van der Waals surface area contributed by atoms with Gasteiger partial charge in [0, 0.05) is 5.56 Å². The van der Waals surface area contributed by atoms with Crippen LogP contribution in [-0.2, 0) is 9.53 Å². The van der Waals surface area contributed by atoms with Crippen LogP contribution < -0.4 is 5.73 Å². The maximum atomic E-state index is 11.3. The van der Waals surface area contributed by atoms with E-state index in [0.717, 1.165) is 0 Å². The molecule has 1 atom stereocenters. The number of rotatable bonds is 1. The number of carbonyl (C=O) groups is 1. The number of nitrogens with two attached hydrogens (primary N) is 1. The molecule has 0 aliphatic carbocycles. The predicted octanol–water partition coefficient (Wildman–Crippen LogP) is 1.91. The van der Waals surface area contributed by atoms with Gasteiger partial charge in [-0.3, -0.25) is 4.79 Å². The largest absolute Gasteiger partial charge is 0.447 e. The third-order valence-electron chi connectivity index (χ3n) is 1.93. The Balaban J connectivity index is 2.32. The molecule has 1 aliphatic rings. The number of benzene rings is 1. The molecule has 6 heteroatoms. The number of ether oxygens (including phenoxy) is 1. The molecular formula is C9H6Cl2N2O2. The second-order valence-corrected chi connectivity index (χ2v) is 3.77. The van der Waals surface area contributed by atoms with Gasteiger partial charge >= 0.3 is 0 Å². The van der Waals surface area contributed by atoms with Crippen LogP contribution in [-0.4, -0.2) is 11.9 Å². The van der Waals surface area contributed by atoms with E-state index in [4.69, 9.17) is 33.7 Å². The minimum absolute atomic E-state index is 0.129. The van der Waals surface area contributed by atoms with Crippen molar-refractivity contribution in [3.8, 4) is 0 Å². The number of halogens is 2. The van der Waals surface area contributed by atoms with E-state index in [1.807, 2.05) is 0 Å². The van der Waals surface area contributed by atoms with Crippen molar-refractivity contribution in [2.75, 3.05) is 0 Å². The minimum Gasteiger partial charge on any atom is -0.447 e. The molecule has 1 aliphatic heterocycles. The van der Waals surface area contributed by atoms with Gasteiger partial charge in [0.05, 0.1) is 10.0 Å². The molecule has 0 spiro atoms. The molecule has 0 saturated heterocycles. The summed E-state index contributed by atoms with van der Waals surface area (Å²) in [7, 11) is 0. The lowest BCUT2D eigenvalue weighted by Crippen LogP contribution is -2.13. The van der Waals surface area contributed by atoms with Gasteiger partial charge in [0.15, 0.2) is 0 Å². The van der Waals surface area contributed by atoms with Gasteiger partial charge in [-0.15, -0.1) is 0 Å². The third-order valence-corrected chi connectivity index (χ3v) is 2.67. The van der Waals surface area contributed by atoms with E-state index in [0.29, 0.717) is 15.6 Å². The summed E-state index contributed by atoms with van der Waals surface area (Å²) in [6, 6.07) is 4.66. The maximum absolute atomic E-state index is 11.3. The second-order valence-electron chi connectivity index (χ2n) is 2.96. The van der Waals surface area contributed by atoms with Gasteiger partial charge in [0.2, 0.25) is 6.10 Å². The lowest BCUT2D eigenvalue weighted by Gasteiger charge is -2.09. The van der Waals surface area contributed by atoms with Crippen LogP contribution in [0, 0.1) is 0 Å². The van der Waals surface area contributed by atoms with Crippen LogP contribution in [0.2, 0.25) is 10.0 Å². The first kappa shape index (κ1) is 10.3. The molecule has 1 heterocycles. The quantitative estimate of drug-likeness (QED) is 0.821. The molecule has 78 valence electrons. The Kier molecular flexibility index (Phi) is 2.54. The summed E-state index contributed by atoms with van der Waals surface area (Å²) in [5.74, 6) is -0.439. The molecule has 4 nitrogen and oxygen atoms in total. The zero-order valence-electron chi connectivity index (χ0n) is 7.41. The molecule has 0 bridgehead atoms. The molecule has 2 N–H and O–H groups in total. The van der Waals surface area contributed by atoms with Crippen LogP contribution in [0.5, 0.6) is 0 Å². The molecule has 1 aromatic rings. The van der Waals surface area contributed by atoms with Gasteiger partial charge in [-0.05, 0) is 12.1 Å². The van der Waals surface area contributed by atoms with Crippen molar-refractivity contribution < 1.29 is 9.53 Å². The normalized spacial score (nSPS) is 20.0. The fourth-order valence-corrected chi connectivity index (χ4v) is 1.56. The lowest BCUT2D eigenvalue weighted by atomic mass is 10.1. The lowest BCUT2D eigenvalue weighted by molar-refractivity contribution is -0.122. The van der Waals surface area contributed by atoms with Crippen LogP contribution in [0.1, 0.15) is 11.7 Å². The van der Waals surface area contributed by atoms with Crippen molar-refractivity contribution in [2.24, 2.45) is 10.7 Å². The van der Waals surface area contributed by atoms with Crippen molar-refractivity contribution in [3.63, 3.8) is 0 Å². The Bertz CT molecular complexity index is 459. The first-order valence-corrected chi connectivity index (χ1v) is 4.83. The molecule has 1 unspecified atom stereocenters. The smallest absolute Gasteiger partial charge is 0.296 e. The SMILES string of the molecule is NC1=NC(=O)C(c2ccc(Cl)c(Cl)c2)O1. The number of hydrogen-bond donors (Lipinski definition) is 1. The first-order valence-electron chi connectivity index (χ1n) is 4.07. The number of amidine groups is 1. The highest BCUT2D eigenvalue weighted by Gasteiger charge is 2.29. The van der Waals surface area contributed by atoms with E-state index >= 15 is 0 Å². The number of aliphatic imine (C=N–C) groups is 1. The number of carbonyl (C=O) groups excluding carboxylic acids is 1. The molecule has 15 heavy (non-hydrogen) atoms. The monoisotopic (exact) mass is 244 g/mol. The zero-order chi connectivity index (χ0) is 11.0. The van der Waals surface area contributed by atoms with Gasteiger partial charge in [0.1, 0.15) is 0 Å².